The lowest BCUT2D eigenvalue weighted by atomic mass is 9.89. The first kappa shape index (κ1) is 28.7. The van der Waals surface area contributed by atoms with Gasteiger partial charge in [0.15, 0.2) is 0 Å². The van der Waals surface area contributed by atoms with Crippen LogP contribution >= 0.6 is 0 Å². The van der Waals surface area contributed by atoms with Gasteiger partial charge < -0.3 is 29.5 Å². The summed E-state index contributed by atoms with van der Waals surface area (Å²) in [4.78, 5) is 22.3. The minimum Gasteiger partial charge on any atom is -0.389 e. The van der Waals surface area contributed by atoms with Crippen molar-refractivity contribution in [2.45, 2.75) is 37.7 Å². The number of rotatable bonds is 8. The summed E-state index contributed by atoms with van der Waals surface area (Å²) in [6.45, 7) is 2.63. The fraction of sp³-hybridized carbons (Fsp3) is 0.484. The van der Waals surface area contributed by atoms with E-state index in [1.54, 1.807) is 16.0 Å². The maximum absolute atomic E-state index is 15.0. The second-order valence-corrected chi connectivity index (χ2v) is 11.5. The largest absolute Gasteiger partial charge is 0.389 e. The van der Waals surface area contributed by atoms with Gasteiger partial charge in [-0.25, -0.2) is 22.9 Å². The van der Waals surface area contributed by atoms with E-state index in [1.165, 1.54) is 0 Å². The molecule has 4 heterocycles. The van der Waals surface area contributed by atoms with Gasteiger partial charge >= 0.3 is 6.03 Å². The first-order valence-corrected chi connectivity index (χ1v) is 14.6. The number of aliphatic hydroxyl groups excluding tert-OH is 1. The van der Waals surface area contributed by atoms with Gasteiger partial charge in [-0.15, -0.1) is 0 Å². The van der Waals surface area contributed by atoms with Gasteiger partial charge in [0, 0.05) is 57.1 Å². The van der Waals surface area contributed by atoms with Crippen LogP contribution in [-0.4, -0.2) is 88.7 Å². The van der Waals surface area contributed by atoms with E-state index in [1.807, 2.05) is 34.9 Å². The number of β-amino-alcohol motifs (C(OH)–C–C–N with tert-alkyl or cyclic N) is 1. The van der Waals surface area contributed by atoms with Crippen molar-refractivity contribution in [3.63, 3.8) is 0 Å². The van der Waals surface area contributed by atoms with Crippen LogP contribution in [0.2, 0.25) is 0 Å². The average molecular weight is 584 g/mol. The molecule has 224 valence electrons. The molecule has 1 unspecified atom stereocenters. The van der Waals surface area contributed by atoms with Crippen LogP contribution in [0.3, 0.4) is 0 Å². The zero-order valence-electron chi connectivity index (χ0n) is 23.3. The van der Waals surface area contributed by atoms with Crippen LogP contribution in [0.25, 0.3) is 11.3 Å². The number of alkyl halides is 1. The van der Waals surface area contributed by atoms with Gasteiger partial charge in [-0.1, -0.05) is 30.3 Å². The number of aliphatic hydroxyl groups is 1. The molecule has 6 rings (SSSR count). The predicted molar refractivity (Wildman–Crippen MR) is 150 cm³/mol. The summed E-state index contributed by atoms with van der Waals surface area (Å²) in [7, 11) is 0. The first-order valence-electron chi connectivity index (χ1n) is 14.6. The summed E-state index contributed by atoms with van der Waals surface area (Å²) in [6, 6.07) is 12.1. The molecule has 3 aliphatic rings. The molecule has 2 amide bonds. The molecule has 1 aromatic heterocycles. The number of amides is 2. The van der Waals surface area contributed by atoms with Crippen molar-refractivity contribution in [1.29, 1.82) is 0 Å². The summed E-state index contributed by atoms with van der Waals surface area (Å²) in [6.07, 6.45) is 1.31. The van der Waals surface area contributed by atoms with Crippen molar-refractivity contribution in [1.82, 2.24) is 24.7 Å². The van der Waals surface area contributed by atoms with Gasteiger partial charge in [0.25, 0.3) is 0 Å². The van der Waals surface area contributed by atoms with E-state index in [4.69, 9.17) is 9.72 Å². The molecule has 3 aromatic rings. The van der Waals surface area contributed by atoms with Crippen molar-refractivity contribution >= 4 is 6.03 Å². The Hall–Kier alpha value is -3.41. The fourth-order valence-corrected chi connectivity index (χ4v) is 6.27. The van der Waals surface area contributed by atoms with Crippen LogP contribution in [0.1, 0.15) is 30.3 Å². The van der Waals surface area contributed by atoms with Gasteiger partial charge in [0.05, 0.1) is 30.9 Å². The number of aromatic nitrogens is 2. The summed E-state index contributed by atoms with van der Waals surface area (Å²) >= 11 is 0. The second-order valence-electron chi connectivity index (χ2n) is 11.5. The Morgan fingerprint density at radius 3 is 2.57 bits per heavy atom. The van der Waals surface area contributed by atoms with Crippen molar-refractivity contribution in [2.75, 3.05) is 45.9 Å². The van der Waals surface area contributed by atoms with Gasteiger partial charge in [-0.05, 0) is 42.5 Å². The van der Waals surface area contributed by atoms with E-state index in [0.29, 0.717) is 45.0 Å². The highest BCUT2D eigenvalue weighted by Crippen LogP contribution is 2.39. The number of imidazole rings is 1. The summed E-state index contributed by atoms with van der Waals surface area (Å²) < 4.78 is 51.8. The highest BCUT2D eigenvalue weighted by atomic mass is 19.1. The maximum Gasteiger partial charge on any atom is 0.320 e. The van der Waals surface area contributed by atoms with Crippen molar-refractivity contribution in [3.8, 4) is 11.3 Å². The zero-order chi connectivity index (χ0) is 29.2. The minimum absolute atomic E-state index is 0.0290. The molecule has 11 heteroatoms. The normalized spacial score (nSPS) is 22.2. The third kappa shape index (κ3) is 6.04. The van der Waals surface area contributed by atoms with Crippen LogP contribution in [0, 0.1) is 23.5 Å². The minimum atomic E-state index is -1.11. The number of nitrogens with one attached hydrogen (secondary N) is 1. The van der Waals surface area contributed by atoms with Crippen LogP contribution in [0.5, 0.6) is 0 Å². The number of benzene rings is 2. The highest BCUT2D eigenvalue weighted by molar-refractivity contribution is 5.76. The van der Waals surface area contributed by atoms with Crippen LogP contribution < -0.4 is 5.32 Å². The quantitative estimate of drug-likeness (QED) is 0.419. The third-order valence-electron chi connectivity index (χ3n) is 8.59. The number of nitrogens with zero attached hydrogens (tertiary/aromatic N) is 4. The number of hydrogen-bond donors (Lipinski definition) is 2. The lowest BCUT2D eigenvalue weighted by molar-refractivity contribution is -0.00936. The lowest BCUT2D eigenvalue weighted by Crippen LogP contribution is -2.59. The summed E-state index contributed by atoms with van der Waals surface area (Å²) in [5.74, 6) is -1.14. The number of carbonyl (C=O) groups excluding carboxylic acids is 1. The molecule has 8 nitrogen and oxygen atoms in total. The molecule has 3 atom stereocenters. The zero-order valence-corrected chi connectivity index (χ0v) is 23.3. The monoisotopic (exact) mass is 583 g/mol. The molecule has 2 N–H and O–H groups in total. The third-order valence-corrected chi connectivity index (χ3v) is 8.59. The summed E-state index contributed by atoms with van der Waals surface area (Å²) in [5.41, 5.74) is 1.26. The van der Waals surface area contributed by atoms with Crippen LogP contribution in [-0.2, 0) is 11.3 Å². The van der Waals surface area contributed by atoms with E-state index in [2.05, 4.69) is 5.32 Å². The number of halogens is 3. The smallest absolute Gasteiger partial charge is 0.320 e. The lowest BCUT2D eigenvalue weighted by Gasteiger charge is -2.45. The van der Waals surface area contributed by atoms with Crippen LogP contribution in [0.4, 0.5) is 18.0 Å². The molecular formula is C31H36F3N5O3. The van der Waals surface area contributed by atoms with Crippen molar-refractivity contribution in [2.24, 2.45) is 11.8 Å². The maximum atomic E-state index is 15.0. The Morgan fingerprint density at radius 2 is 1.88 bits per heavy atom. The topological polar surface area (TPSA) is 82.9 Å². The molecular weight excluding hydrogens is 547 g/mol. The standard InChI is InChI=1S/C31H36F3N5O3/c32-23-6-7-26(33)25(12-23)28-19-37(15-20-4-2-1-3-5-20)30(36-28)29(21-8-10-42-11-9-21)39(16-22-13-35-14-27(22)34)31(41)38-17-24(40)18-38/h1-7,12,19,21-22,24,27,29,35,40H,8-11,13-18H2/t22-,27-,29?/m0/s1. The fourth-order valence-electron chi connectivity index (χ4n) is 6.27. The van der Waals surface area contributed by atoms with Gasteiger partial charge in [0.1, 0.15) is 23.6 Å². The van der Waals surface area contributed by atoms with Gasteiger partial charge in [-0.3, -0.25) is 0 Å². The molecule has 0 saturated carbocycles. The number of ether oxygens (including phenoxy) is 1. The summed E-state index contributed by atoms with van der Waals surface area (Å²) in [5, 5.41) is 13.1. The Morgan fingerprint density at radius 1 is 1.12 bits per heavy atom. The molecule has 0 spiro atoms. The number of urea groups is 1. The SMILES string of the molecule is O=C(N1CC(O)C1)N(C[C@@H]1CNC[C@@H]1F)C(c1nc(-c2cc(F)ccc2F)cn1Cc1ccccc1)C1CCOCC1. The molecule has 2 aromatic carbocycles. The van der Waals surface area contributed by atoms with E-state index in [0.717, 1.165) is 23.8 Å². The Bertz CT molecular complexity index is 1380. The average Bonchev–Trinajstić information content (AvgIpc) is 3.58. The van der Waals surface area contributed by atoms with Crippen molar-refractivity contribution < 1.29 is 27.8 Å². The van der Waals surface area contributed by atoms with E-state index >= 15 is 0 Å². The van der Waals surface area contributed by atoms with Crippen molar-refractivity contribution in [3.05, 3.63) is 77.8 Å². The van der Waals surface area contributed by atoms with E-state index in [9.17, 15) is 23.1 Å². The van der Waals surface area contributed by atoms with Gasteiger partial charge in [-0.2, -0.15) is 0 Å². The molecule has 3 aliphatic heterocycles. The first-order chi connectivity index (χ1) is 20.4. The highest BCUT2D eigenvalue weighted by Gasteiger charge is 2.43. The number of hydrogen-bond acceptors (Lipinski definition) is 5. The second kappa shape index (κ2) is 12.4. The van der Waals surface area contributed by atoms with E-state index < -0.39 is 35.9 Å². The molecule has 0 aliphatic carbocycles. The van der Waals surface area contributed by atoms with E-state index in [-0.39, 0.29) is 49.4 Å². The predicted octanol–water partition coefficient (Wildman–Crippen LogP) is 4.00. The molecule has 42 heavy (non-hydrogen) atoms. The molecule has 3 fully saturated rings. The van der Waals surface area contributed by atoms with Crippen LogP contribution in [0.15, 0.2) is 54.7 Å². The Balaban J connectivity index is 1.47. The molecule has 0 bridgehead atoms. The number of carbonyl (C=O) groups is 1. The van der Waals surface area contributed by atoms with Gasteiger partial charge in [0.2, 0.25) is 0 Å². The Labute approximate surface area is 243 Å². The molecule has 3 saturated heterocycles. The Kier molecular flexibility index (Phi) is 8.50. The molecule has 0 radical (unpaired) electrons. The number of likely N-dealkylation sites (tertiary alicyclic amines) is 1.